The Labute approximate surface area is 136 Å². The van der Waals surface area contributed by atoms with Crippen LogP contribution in [0.15, 0.2) is 29.3 Å². The molecule has 1 fully saturated rings. The van der Waals surface area contributed by atoms with Gasteiger partial charge in [-0.2, -0.15) is 0 Å². The summed E-state index contributed by atoms with van der Waals surface area (Å²) in [4.78, 5) is 19.3. The van der Waals surface area contributed by atoms with Gasteiger partial charge >= 0.3 is 0 Å². The molecule has 0 radical (unpaired) electrons. The van der Waals surface area contributed by atoms with Crippen molar-refractivity contribution in [2.24, 2.45) is 16.3 Å². The smallest absolute Gasteiger partial charge is 0.238 e. The van der Waals surface area contributed by atoms with Gasteiger partial charge in [0.1, 0.15) is 0 Å². The van der Waals surface area contributed by atoms with Gasteiger partial charge in [0.05, 0.1) is 11.6 Å². The number of carbonyl (C=O) groups excluding carboxylic acids is 1. The van der Waals surface area contributed by atoms with Gasteiger partial charge in [0.15, 0.2) is 0 Å². The van der Waals surface area contributed by atoms with Crippen molar-refractivity contribution in [1.82, 2.24) is 4.90 Å². The Hall–Kier alpha value is -1.55. The Morgan fingerprint density at radius 2 is 1.95 bits per heavy atom. The number of benzene rings is 1. The summed E-state index contributed by atoms with van der Waals surface area (Å²) in [6.07, 6.45) is 6.96. The van der Waals surface area contributed by atoms with Crippen molar-refractivity contribution in [2.45, 2.75) is 38.5 Å². The van der Waals surface area contributed by atoms with Crippen LogP contribution < -0.4 is 0 Å². The lowest BCUT2D eigenvalue weighted by Crippen LogP contribution is -2.55. The third-order valence-electron chi connectivity index (χ3n) is 5.65. The van der Waals surface area contributed by atoms with Crippen molar-refractivity contribution in [2.75, 3.05) is 7.05 Å². The van der Waals surface area contributed by atoms with Gasteiger partial charge in [-0.3, -0.25) is 9.69 Å². The first-order valence-corrected chi connectivity index (χ1v) is 8.52. The van der Waals surface area contributed by atoms with E-state index in [4.69, 9.17) is 12.2 Å². The SMILES string of the molecule is CN1C(=O)C2C(=NC1=S)c1ccccc1CC21CCCCC1. The predicted molar refractivity (Wildman–Crippen MR) is 91.1 cm³/mol. The zero-order valence-electron chi connectivity index (χ0n) is 12.8. The summed E-state index contributed by atoms with van der Waals surface area (Å²) in [5.41, 5.74) is 3.44. The third kappa shape index (κ3) is 1.89. The van der Waals surface area contributed by atoms with E-state index in [0.29, 0.717) is 5.11 Å². The molecule has 1 spiro atoms. The molecule has 1 aromatic rings. The largest absolute Gasteiger partial charge is 0.290 e. The number of nitrogens with zero attached hydrogens (tertiary/aromatic N) is 2. The lowest BCUT2D eigenvalue weighted by atomic mass is 9.57. The Balaban J connectivity index is 1.93. The van der Waals surface area contributed by atoms with Gasteiger partial charge in [-0.25, -0.2) is 4.99 Å². The van der Waals surface area contributed by atoms with Crippen molar-refractivity contribution in [3.63, 3.8) is 0 Å². The third-order valence-corrected chi connectivity index (χ3v) is 6.02. The van der Waals surface area contributed by atoms with Gasteiger partial charge < -0.3 is 0 Å². The van der Waals surface area contributed by atoms with Crippen LogP contribution in [0.4, 0.5) is 0 Å². The van der Waals surface area contributed by atoms with Crippen LogP contribution in [0.3, 0.4) is 0 Å². The van der Waals surface area contributed by atoms with E-state index in [-0.39, 0.29) is 17.2 Å². The molecule has 0 bridgehead atoms. The summed E-state index contributed by atoms with van der Waals surface area (Å²) in [6.45, 7) is 0. The molecule has 3 aliphatic rings. The van der Waals surface area contributed by atoms with Crippen LogP contribution in [0.25, 0.3) is 0 Å². The van der Waals surface area contributed by atoms with Crippen molar-refractivity contribution >= 4 is 28.9 Å². The van der Waals surface area contributed by atoms with Crippen LogP contribution in [0, 0.1) is 11.3 Å². The summed E-state index contributed by atoms with van der Waals surface area (Å²) in [7, 11) is 1.77. The van der Waals surface area contributed by atoms with Crippen LogP contribution in [0.2, 0.25) is 0 Å². The van der Waals surface area contributed by atoms with Crippen LogP contribution in [-0.4, -0.2) is 28.7 Å². The van der Waals surface area contributed by atoms with Gasteiger partial charge in [-0.15, -0.1) is 0 Å². The van der Waals surface area contributed by atoms with E-state index in [1.54, 1.807) is 11.9 Å². The molecule has 0 N–H and O–H groups in total. The number of carbonyl (C=O) groups is 1. The highest BCUT2D eigenvalue weighted by molar-refractivity contribution is 7.80. The van der Waals surface area contributed by atoms with Gasteiger partial charge in [0.2, 0.25) is 11.0 Å². The topological polar surface area (TPSA) is 32.7 Å². The quantitative estimate of drug-likeness (QED) is 0.688. The fourth-order valence-electron chi connectivity index (χ4n) is 4.54. The van der Waals surface area contributed by atoms with Crippen molar-refractivity contribution in [1.29, 1.82) is 0 Å². The normalized spacial score (nSPS) is 26.5. The molecule has 3 nitrogen and oxygen atoms in total. The minimum atomic E-state index is -0.112. The number of hydrogen-bond acceptors (Lipinski definition) is 2. The minimum Gasteiger partial charge on any atom is -0.290 e. The van der Waals surface area contributed by atoms with Crippen molar-refractivity contribution in [3.05, 3.63) is 35.4 Å². The molecule has 1 heterocycles. The molecular weight excluding hydrogens is 292 g/mol. The lowest BCUT2D eigenvalue weighted by molar-refractivity contribution is -0.133. The molecule has 114 valence electrons. The minimum absolute atomic E-state index is 0.0484. The highest BCUT2D eigenvalue weighted by Crippen LogP contribution is 2.51. The Morgan fingerprint density at radius 1 is 1.23 bits per heavy atom. The fraction of sp³-hybridized carbons (Fsp3) is 0.500. The molecule has 1 atom stereocenters. The highest BCUT2D eigenvalue weighted by Gasteiger charge is 2.52. The van der Waals surface area contributed by atoms with Crippen molar-refractivity contribution < 1.29 is 4.79 Å². The summed E-state index contributed by atoms with van der Waals surface area (Å²) in [5, 5.41) is 0.402. The zero-order valence-corrected chi connectivity index (χ0v) is 13.7. The van der Waals surface area contributed by atoms with E-state index >= 15 is 0 Å². The Bertz CT molecular complexity index is 688. The summed E-state index contributed by atoms with van der Waals surface area (Å²) < 4.78 is 0. The number of amides is 1. The Kier molecular flexibility index (Phi) is 3.19. The number of fused-ring (bicyclic) bond motifs is 4. The van der Waals surface area contributed by atoms with E-state index in [9.17, 15) is 4.79 Å². The van der Waals surface area contributed by atoms with Gasteiger partial charge in [0.25, 0.3) is 0 Å². The first-order chi connectivity index (χ1) is 10.6. The zero-order chi connectivity index (χ0) is 15.3. The fourth-order valence-corrected chi connectivity index (χ4v) is 4.73. The monoisotopic (exact) mass is 312 g/mol. The molecule has 4 rings (SSSR count). The second-order valence-corrected chi connectivity index (χ2v) is 7.23. The molecule has 1 aliphatic heterocycles. The summed E-state index contributed by atoms with van der Waals surface area (Å²) in [6, 6.07) is 8.41. The van der Waals surface area contributed by atoms with Crippen molar-refractivity contribution in [3.8, 4) is 0 Å². The second-order valence-electron chi connectivity index (χ2n) is 6.87. The number of hydrogen-bond donors (Lipinski definition) is 0. The second kappa shape index (κ2) is 4.98. The summed E-state index contributed by atoms with van der Waals surface area (Å²) in [5.74, 6) is 0.0332. The average molecular weight is 312 g/mol. The lowest BCUT2D eigenvalue weighted by Gasteiger charge is -2.49. The molecule has 2 aliphatic carbocycles. The molecule has 1 amide bonds. The van der Waals surface area contributed by atoms with E-state index in [2.05, 4.69) is 23.2 Å². The maximum Gasteiger partial charge on any atom is 0.238 e. The Morgan fingerprint density at radius 3 is 2.73 bits per heavy atom. The maximum atomic E-state index is 13.0. The number of thiocarbonyl (C=S) groups is 1. The molecule has 22 heavy (non-hydrogen) atoms. The van der Waals surface area contributed by atoms with Crippen LogP contribution in [0.5, 0.6) is 0 Å². The van der Waals surface area contributed by atoms with Crippen LogP contribution >= 0.6 is 12.2 Å². The van der Waals surface area contributed by atoms with E-state index in [1.165, 1.54) is 24.8 Å². The molecule has 1 unspecified atom stereocenters. The molecule has 1 saturated carbocycles. The molecule has 0 saturated heterocycles. The molecular formula is C18H20N2OS. The molecule has 1 aromatic carbocycles. The standard InChI is InChI=1S/C18H20N2OS/c1-20-16(21)14-15(19-17(20)22)13-8-4-3-7-12(13)11-18(14)9-5-2-6-10-18/h3-4,7-8,14H,2,5-6,9-11H2,1H3. The maximum absolute atomic E-state index is 13.0. The molecule has 0 aromatic heterocycles. The van der Waals surface area contributed by atoms with Gasteiger partial charge in [-0.05, 0) is 42.5 Å². The van der Waals surface area contributed by atoms with E-state index in [1.807, 2.05) is 6.07 Å². The first-order valence-electron chi connectivity index (χ1n) is 8.11. The average Bonchev–Trinajstić information content (AvgIpc) is 2.53. The van der Waals surface area contributed by atoms with E-state index in [0.717, 1.165) is 30.5 Å². The summed E-state index contributed by atoms with van der Waals surface area (Å²) >= 11 is 5.31. The van der Waals surface area contributed by atoms with Crippen LogP contribution in [0.1, 0.15) is 43.2 Å². The predicted octanol–water partition coefficient (Wildman–Crippen LogP) is 3.36. The van der Waals surface area contributed by atoms with Gasteiger partial charge in [0, 0.05) is 12.6 Å². The first kappa shape index (κ1) is 14.1. The molecule has 4 heteroatoms. The van der Waals surface area contributed by atoms with Crippen LogP contribution in [-0.2, 0) is 11.2 Å². The number of aliphatic imine (C=N–C) groups is 1. The number of rotatable bonds is 0. The van der Waals surface area contributed by atoms with Gasteiger partial charge in [-0.1, -0.05) is 43.5 Å². The van der Waals surface area contributed by atoms with E-state index < -0.39 is 0 Å². The highest BCUT2D eigenvalue weighted by atomic mass is 32.1.